The van der Waals surface area contributed by atoms with Crippen LogP contribution in [0.5, 0.6) is 0 Å². The Hall–Kier alpha value is -1.47. The second kappa shape index (κ2) is 5.57. The van der Waals surface area contributed by atoms with Gasteiger partial charge in [-0.3, -0.25) is 0 Å². The van der Waals surface area contributed by atoms with Crippen LogP contribution >= 0.6 is 11.6 Å². The van der Waals surface area contributed by atoms with E-state index < -0.39 is 0 Å². The summed E-state index contributed by atoms with van der Waals surface area (Å²) in [5, 5.41) is 4.12. The Labute approximate surface area is 101 Å². The first-order valence-electron chi connectivity index (χ1n) is 5.29. The molecule has 2 aromatic carbocycles. The van der Waals surface area contributed by atoms with E-state index in [0.29, 0.717) is 0 Å². The summed E-state index contributed by atoms with van der Waals surface area (Å²) in [6.07, 6.45) is 1.01. The molecule has 0 saturated carbocycles. The first-order chi connectivity index (χ1) is 7.84. The predicted octanol–water partition coefficient (Wildman–Crippen LogP) is 3.79. The van der Waals surface area contributed by atoms with Gasteiger partial charge in [0.05, 0.1) is 0 Å². The molecule has 0 aromatic heterocycles. The van der Waals surface area contributed by atoms with Crippen molar-refractivity contribution in [3.05, 3.63) is 65.2 Å². The summed E-state index contributed by atoms with van der Waals surface area (Å²) in [7, 11) is 0. The molecule has 0 aliphatic heterocycles. The summed E-state index contributed by atoms with van der Waals surface area (Å²) in [4.78, 5) is 0. The number of hydrogen-bond acceptors (Lipinski definition) is 1. The molecule has 1 radical (unpaired) electrons. The zero-order valence-electron chi connectivity index (χ0n) is 8.91. The maximum absolute atomic E-state index is 5.81. The zero-order chi connectivity index (χ0) is 11.2. The molecule has 0 spiro atoms. The van der Waals surface area contributed by atoms with Crippen LogP contribution in [0.25, 0.3) is 0 Å². The van der Waals surface area contributed by atoms with E-state index in [1.807, 2.05) is 36.4 Å². The van der Waals surface area contributed by atoms with Crippen molar-refractivity contribution >= 4 is 17.3 Å². The summed E-state index contributed by atoms with van der Waals surface area (Å²) in [6.45, 7) is 0.922. The second-order valence-corrected chi connectivity index (χ2v) is 4.03. The van der Waals surface area contributed by atoms with Crippen LogP contribution in [0.2, 0.25) is 5.02 Å². The highest BCUT2D eigenvalue weighted by Crippen LogP contribution is 2.13. The molecule has 2 rings (SSSR count). The van der Waals surface area contributed by atoms with Gasteiger partial charge >= 0.3 is 0 Å². The Morgan fingerprint density at radius 2 is 1.69 bits per heavy atom. The Morgan fingerprint density at radius 1 is 1.00 bits per heavy atom. The standard InChI is InChI=1S/C14H13ClN/c15-13-6-8-14(9-7-13)16-11-10-12-4-2-1-3-5-12/h2-9,16H,10-11H2. The van der Waals surface area contributed by atoms with Crippen molar-refractivity contribution in [2.24, 2.45) is 0 Å². The van der Waals surface area contributed by atoms with Crippen LogP contribution in [0.15, 0.2) is 48.5 Å². The molecule has 0 aliphatic carbocycles. The number of hydrogen-bond donors (Lipinski definition) is 1. The average Bonchev–Trinajstić information content (AvgIpc) is 2.33. The summed E-state index contributed by atoms with van der Waals surface area (Å²) in [5.74, 6) is 0. The van der Waals surface area contributed by atoms with Crippen LogP contribution < -0.4 is 5.32 Å². The summed E-state index contributed by atoms with van der Waals surface area (Å²) >= 11 is 5.81. The van der Waals surface area contributed by atoms with E-state index in [0.717, 1.165) is 23.7 Å². The Balaban J connectivity index is 1.82. The molecule has 0 heterocycles. The Morgan fingerprint density at radius 3 is 2.38 bits per heavy atom. The highest BCUT2D eigenvalue weighted by molar-refractivity contribution is 6.30. The zero-order valence-corrected chi connectivity index (χ0v) is 9.67. The number of rotatable bonds is 4. The summed E-state index contributed by atoms with van der Waals surface area (Å²) in [6, 6.07) is 18.8. The van der Waals surface area contributed by atoms with Crippen molar-refractivity contribution in [2.45, 2.75) is 6.42 Å². The van der Waals surface area contributed by atoms with Crippen molar-refractivity contribution in [1.29, 1.82) is 0 Å². The maximum Gasteiger partial charge on any atom is 0.0407 e. The molecule has 0 bridgehead atoms. The van der Waals surface area contributed by atoms with Gasteiger partial charge in [-0.15, -0.1) is 0 Å². The molecule has 0 saturated heterocycles. The van der Waals surface area contributed by atoms with Crippen molar-refractivity contribution in [2.75, 3.05) is 11.9 Å². The lowest BCUT2D eigenvalue weighted by molar-refractivity contribution is 1.02. The smallest absolute Gasteiger partial charge is 0.0407 e. The van der Waals surface area contributed by atoms with Gasteiger partial charge in [-0.2, -0.15) is 0 Å². The molecular weight excluding hydrogens is 218 g/mol. The van der Waals surface area contributed by atoms with Crippen LogP contribution in [-0.2, 0) is 6.42 Å². The minimum Gasteiger partial charge on any atom is -0.385 e. The molecule has 1 nitrogen and oxygen atoms in total. The van der Waals surface area contributed by atoms with E-state index in [9.17, 15) is 0 Å². The fourth-order valence-electron chi connectivity index (χ4n) is 1.51. The van der Waals surface area contributed by atoms with E-state index in [1.54, 1.807) is 0 Å². The van der Waals surface area contributed by atoms with E-state index in [-0.39, 0.29) is 0 Å². The number of nitrogens with one attached hydrogen (secondary N) is 1. The van der Waals surface area contributed by atoms with Crippen molar-refractivity contribution in [3.8, 4) is 0 Å². The van der Waals surface area contributed by atoms with Crippen LogP contribution in [0, 0.1) is 6.07 Å². The van der Waals surface area contributed by atoms with Crippen LogP contribution in [-0.4, -0.2) is 6.54 Å². The predicted molar refractivity (Wildman–Crippen MR) is 68.9 cm³/mol. The fourth-order valence-corrected chi connectivity index (χ4v) is 1.63. The third-order valence-electron chi connectivity index (χ3n) is 2.37. The van der Waals surface area contributed by atoms with Crippen molar-refractivity contribution in [1.82, 2.24) is 0 Å². The van der Waals surface area contributed by atoms with Crippen LogP contribution in [0.4, 0.5) is 5.69 Å². The minimum absolute atomic E-state index is 0.768. The topological polar surface area (TPSA) is 12.0 Å². The summed E-state index contributed by atoms with van der Waals surface area (Å²) < 4.78 is 0. The molecular formula is C14H13ClN. The molecule has 0 aliphatic rings. The molecule has 0 unspecified atom stereocenters. The molecule has 2 heteroatoms. The van der Waals surface area contributed by atoms with Gasteiger partial charge in [0.2, 0.25) is 0 Å². The molecule has 1 N–H and O–H groups in total. The SMILES string of the molecule is Clc1ccc(NCCc2cc[c]cc2)cc1. The molecule has 0 atom stereocenters. The van der Waals surface area contributed by atoms with Gasteiger partial charge in [0.15, 0.2) is 0 Å². The molecule has 0 amide bonds. The first-order valence-corrected chi connectivity index (χ1v) is 5.67. The van der Waals surface area contributed by atoms with E-state index in [2.05, 4.69) is 23.5 Å². The number of anilines is 1. The van der Waals surface area contributed by atoms with Gasteiger partial charge in [-0.1, -0.05) is 35.9 Å². The van der Waals surface area contributed by atoms with E-state index in [1.165, 1.54) is 5.56 Å². The highest BCUT2D eigenvalue weighted by Gasteiger charge is 1.93. The van der Waals surface area contributed by atoms with E-state index in [4.69, 9.17) is 11.6 Å². The lowest BCUT2D eigenvalue weighted by atomic mass is 10.1. The number of benzene rings is 2. The van der Waals surface area contributed by atoms with Gasteiger partial charge in [-0.25, -0.2) is 0 Å². The quantitative estimate of drug-likeness (QED) is 0.843. The fraction of sp³-hybridized carbons (Fsp3) is 0.143. The normalized spacial score (nSPS) is 10.1. The lowest BCUT2D eigenvalue weighted by Crippen LogP contribution is -2.04. The van der Waals surface area contributed by atoms with Gasteiger partial charge in [-0.05, 0) is 42.3 Å². The molecule has 81 valence electrons. The van der Waals surface area contributed by atoms with Gasteiger partial charge in [0.25, 0.3) is 0 Å². The minimum atomic E-state index is 0.768. The summed E-state index contributed by atoms with van der Waals surface area (Å²) in [5.41, 5.74) is 2.42. The lowest BCUT2D eigenvalue weighted by Gasteiger charge is -2.06. The van der Waals surface area contributed by atoms with Crippen molar-refractivity contribution in [3.63, 3.8) is 0 Å². The van der Waals surface area contributed by atoms with E-state index >= 15 is 0 Å². The third-order valence-corrected chi connectivity index (χ3v) is 2.63. The Bertz CT molecular complexity index is 422. The third kappa shape index (κ3) is 3.28. The monoisotopic (exact) mass is 230 g/mol. The molecule has 2 aromatic rings. The van der Waals surface area contributed by atoms with Crippen LogP contribution in [0.3, 0.4) is 0 Å². The van der Waals surface area contributed by atoms with Gasteiger partial charge < -0.3 is 5.32 Å². The van der Waals surface area contributed by atoms with Crippen LogP contribution in [0.1, 0.15) is 5.56 Å². The number of halogens is 1. The largest absolute Gasteiger partial charge is 0.385 e. The Kier molecular flexibility index (Phi) is 3.84. The average molecular weight is 231 g/mol. The highest BCUT2D eigenvalue weighted by atomic mass is 35.5. The molecule has 16 heavy (non-hydrogen) atoms. The molecule has 0 fully saturated rings. The van der Waals surface area contributed by atoms with Gasteiger partial charge in [0, 0.05) is 17.3 Å². The first kappa shape index (κ1) is 11.0. The second-order valence-electron chi connectivity index (χ2n) is 3.59. The van der Waals surface area contributed by atoms with Gasteiger partial charge in [0.1, 0.15) is 0 Å². The maximum atomic E-state index is 5.81. The van der Waals surface area contributed by atoms with Crippen molar-refractivity contribution < 1.29 is 0 Å².